The molecule has 0 heterocycles. The van der Waals surface area contributed by atoms with Crippen LogP contribution in [-0.4, -0.2) is 31.0 Å². The number of hydrogen-bond acceptors (Lipinski definition) is 5. The van der Waals surface area contributed by atoms with Gasteiger partial charge in [0, 0.05) is 49.0 Å². The minimum Gasteiger partial charge on any atom is -0.377 e. The van der Waals surface area contributed by atoms with Gasteiger partial charge in [0.2, 0.25) is 0 Å². The fraction of sp³-hybridized carbons (Fsp3) is 0.0909. The third-order valence-corrected chi connectivity index (χ3v) is 4.33. The highest BCUT2D eigenvalue weighted by molar-refractivity contribution is 6.09. The van der Waals surface area contributed by atoms with Crippen LogP contribution in [-0.2, 0) is 0 Å². The number of nitrogens with one attached hydrogen (secondary N) is 3. The number of para-hydroxylation sites is 1. The number of nitrogens with zero attached hydrogens (tertiary/aromatic N) is 2. The lowest BCUT2D eigenvalue weighted by molar-refractivity contribution is -0.384. The van der Waals surface area contributed by atoms with Crippen molar-refractivity contribution in [2.75, 3.05) is 34.9 Å². The summed E-state index contributed by atoms with van der Waals surface area (Å²) < 4.78 is 0. The molecule has 3 aromatic carbocycles. The van der Waals surface area contributed by atoms with Gasteiger partial charge in [-0.1, -0.05) is 24.3 Å². The van der Waals surface area contributed by atoms with Crippen molar-refractivity contribution in [3.63, 3.8) is 0 Å². The van der Waals surface area contributed by atoms with Crippen LogP contribution in [0.1, 0.15) is 10.4 Å². The third-order valence-electron chi connectivity index (χ3n) is 4.33. The van der Waals surface area contributed by atoms with Crippen molar-refractivity contribution in [2.45, 2.75) is 0 Å². The van der Waals surface area contributed by atoms with Crippen LogP contribution in [0.25, 0.3) is 0 Å². The molecule has 0 aliphatic carbocycles. The molecule has 9 nitrogen and oxygen atoms in total. The highest BCUT2D eigenvalue weighted by atomic mass is 16.6. The molecule has 0 bridgehead atoms. The average Bonchev–Trinajstić information content (AvgIpc) is 2.74. The summed E-state index contributed by atoms with van der Waals surface area (Å²) in [7, 11) is 3.49. The summed E-state index contributed by atoms with van der Waals surface area (Å²) in [6.07, 6.45) is 0. The standard InChI is InChI=1S/C22H21N5O4/c1-26(2)20-12-11-18(27(30)31)14-19(20)21(28)23-16-9-6-10-17(13-16)25-22(29)24-15-7-4-3-5-8-15/h3-14H,1-2H3,(H,23,28)(H2,24,25,29). The van der Waals surface area contributed by atoms with Gasteiger partial charge in [-0.3, -0.25) is 14.9 Å². The number of carbonyl (C=O) groups is 2. The van der Waals surface area contributed by atoms with Gasteiger partial charge in [-0.2, -0.15) is 0 Å². The highest BCUT2D eigenvalue weighted by Gasteiger charge is 2.18. The second-order valence-corrected chi connectivity index (χ2v) is 6.83. The third kappa shape index (κ3) is 5.57. The Labute approximate surface area is 178 Å². The number of amides is 3. The molecule has 3 aromatic rings. The van der Waals surface area contributed by atoms with Gasteiger partial charge < -0.3 is 20.9 Å². The molecule has 0 spiro atoms. The van der Waals surface area contributed by atoms with Crippen LogP contribution in [0.15, 0.2) is 72.8 Å². The SMILES string of the molecule is CN(C)c1ccc([N+](=O)[O-])cc1C(=O)Nc1cccc(NC(=O)Nc2ccccc2)c1. The van der Waals surface area contributed by atoms with E-state index in [1.54, 1.807) is 55.4 Å². The van der Waals surface area contributed by atoms with Crippen LogP contribution in [0.2, 0.25) is 0 Å². The molecule has 0 unspecified atom stereocenters. The molecule has 0 aromatic heterocycles. The van der Waals surface area contributed by atoms with Crippen LogP contribution in [0.3, 0.4) is 0 Å². The minimum atomic E-state index is -0.549. The van der Waals surface area contributed by atoms with Gasteiger partial charge in [0.25, 0.3) is 11.6 Å². The Morgan fingerprint density at radius 1 is 0.806 bits per heavy atom. The zero-order valence-corrected chi connectivity index (χ0v) is 17.0. The Kier molecular flexibility index (Phi) is 6.46. The van der Waals surface area contributed by atoms with E-state index < -0.39 is 16.9 Å². The minimum absolute atomic E-state index is 0.166. The van der Waals surface area contributed by atoms with Gasteiger partial charge in [-0.15, -0.1) is 0 Å². The molecule has 0 radical (unpaired) electrons. The molecule has 0 aliphatic heterocycles. The van der Waals surface area contributed by atoms with Gasteiger partial charge in [0.15, 0.2) is 0 Å². The van der Waals surface area contributed by atoms with E-state index in [4.69, 9.17) is 0 Å². The van der Waals surface area contributed by atoms with E-state index in [0.717, 1.165) is 0 Å². The van der Waals surface area contributed by atoms with Crippen molar-refractivity contribution in [3.05, 3.63) is 88.5 Å². The van der Waals surface area contributed by atoms with Gasteiger partial charge in [-0.05, 0) is 36.4 Å². The maximum atomic E-state index is 12.8. The topological polar surface area (TPSA) is 117 Å². The Morgan fingerprint density at radius 3 is 2.06 bits per heavy atom. The van der Waals surface area contributed by atoms with Gasteiger partial charge in [0.1, 0.15) is 0 Å². The maximum Gasteiger partial charge on any atom is 0.323 e. The molecule has 3 amide bonds. The normalized spacial score (nSPS) is 10.1. The van der Waals surface area contributed by atoms with Crippen LogP contribution < -0.4 is 20.9 Å². The predicted molar refractivity (Wildman–Crippen MR) is 121 cm³/mol. The number of carbonyl (C=O) groups excluding carboxylic acids is 2. The number of rotatable bonds is 6. The Hall–Kier alpha value is -4.40. The first-order chi connectivity index (χ1) is 14.8. The first kappa shape index (κ1) is 21.3. The van der Waals surface area contributed by atoms with Crippen molar-refractivity contribution < 1.29 is 14.5 Å². The lowest BCUT2D eigenvalue weighted by Crippen LogP contribution is -2.20. The zero-order valence-electron chi connectivity index (χ0n) is 17.0. The number of benzene rings is 3. The summed E-state index contributed by atoms with van der Waals surface area (Å²) in [5, 5.41) is 19.2. The molecule has 0 saturated heterocycles. The number of nitro benzene ring substituents is 1. The summed E-state index contributed by atoms with van der Waals surface area (Å²) in [5.41, 5.74) is 2.07. The van der Waals surface area contributed by atoms with Crippen molar-refractivity contribution in [1.29, 1.82) is 0 Å². The Morgan fingerprint density at radius 2 is 1.42 bits per heavy atom. The smallest absolute Gasteiger partial charge is 0.323 e. The second-order valence-electron chi connectivity index (χ2n) is 6.83. The zero-order chi connectivity index (χ0) is 22.4. The fourth-order valence-electron chi connectivity index (χ4n) is 2.90. The molecule has 0 saturated carbocycles. The van der Waals surface area contributed by atoms with Crippen LogP contribution >= 0.6 is 0 Å². The van der Waals surface area contributed by atoms with Gasteiger partial charge >= 0.3 is 6.03 Å². The van der Waals surface area contributed by atoms with Crippen molar-refractivity contribution >= 4 is 40.4 Å². The van der Waals surface area contributed by atoms with E-state index in [1.807, 2.05) is 18.2 Å². The first-order valence-electron chi connectivity index (χ1n) is 9.34. The highest BCUT2D eigenvalue weighted by Crippen LogP contribution is 2.26. The summed E-state index contributed by atoms with van der Waals surface area (Å²) in [6.45, 7) is 0. The summed E-state index contributed by atoms with van der Waals surface area (Å²) >= 11 is 0. The van der Waals surface area contributed by atoms with E-state index in [9.17, 15) is 19.7 Å². The number of hydrogen-bond donors (Lipinski definition) is 3. The Balaban J connectivity index is 1.75. The van der Waals surface area contributed by atoms with E-state index in [0.29, 0.717) is 22.7 Å². The monoisotopic (exact) mass is 419 g/mol. The molecule has 3 N–H and O–H groups in total. The van der Waals surface area contributed by atoms with Crippen molar-refractivity contribution in [1.82, 2.24) is 0 Å². The molecule has 3 rings (SSSR count). The van der Waals surface area contributed by atoms with Crippen molar-refractivity contribution in [2.24, 2.45) is 0 Å². The molecular weight excluding hydrogens is 398 g/mol. The molecule has 0 atom stereocenters. The van der Waals surface area contributed by atoms with E-state index in [2.05, 4.69) is 16.0 Å². The summed E-state index contributed by atoms with van der Waals surface area (Å²) in [5.74, 6) is -0.502. The second kappa shape index (κ2) is 9.40. The predicted octanol–water partition coefficient (Wildman–Crippen LogP) is 4.56. The van der Waals surface area contributed by atoms with Crippen LogP contribution in [0.5, 0.6) is 0 Å². The quantitative estimate of drug-likeness (QED) is 0.400. The van der Waals surface area contributed by atoms with E-state index >= 15 is 0 Å². The fourth-order valence-corrected chi connectivity index (χ4v) is 2.90. The number of anilines is 4. The number of urea groups is 1. The first-order valence-corrected chi connectivity index (χ1v) is 9.34. The number of nitro groups is 1. The van der Waals surface area contributed by atoms with E-state index in [1.165, 1.54) is 18.2 Å². The largest absolute Gasteiger partial charge is 0.377 e. The number of non-ortho nitro benzene ring substituents is 1. The molecule has 31 heavy (non-hydrogen) atoms. The average molecular weight is 419 g/mol. The summed E-state index contributed by atoms with van der Waals surface area (Å²) in [6, 6.07) is 19.3. The van der Waals surface area contributed by atoms with Gasteiger partial charge in [0.05, 0.1) is 10.5 Å². The Bertz CT molecular complexity index is 1120. The lowest BCUT2D eigenvalue weighted by Gasteiger charge is -2.17. The summed E-state index contributed by atoms with van der Waals surface area (Å²) in [4.78, 5) is 37.3. The molecule has 158 valence electrons. The maximum absolute atomic E-state index is 12.8. The van der Waals surface area contributed by atoms with Gasteiger partial charge in [-0.25, -0.2) is 4.79 Å². The van der Waals surface area contributed by atoms with Crippen molar-refractivity contribution in [3.8, 4) is 0 Å². The van der Waals surface area contributed by atoms with E-state index in [-0.39, 0.29) is 11.3 Å². The lowest BCUT2D eigenvalue weighted by atomic mass is 10.1. The van der Waals surface area contributed by atoms with Crippen LogP contribution in [0.4, 0.5) is 33.2 Å². The molecular formula is C22H21N5O4. The van der Waals surface area contributed by atoms with Crippen LogP contribution in [0, 0.1) is 10.1 Å². The molecule has 0 fully saturated rings. The molecule has 0 aliphatic rings. The molecule has 9 heteroatoms.